The smallest absolute Gasteiger partial charge is 0.338 e. The molecule has 0 bridgehead atoms. The Balaban J connectivity index is 2.14. The number of methoxy groups -OCH3 is 1. The van der Waals surface area contributed by atoms with Crippen LogP contribution in [0.3, 0.4) is 0 Å². The summed E-state index contributed by atoms with van der Waals surface area (Å²) in [6.45, 7) is 0. The Labute approximate surface area is 141 Å². The van der Waals surface area contributed by atoms with Gasteiger partial charge in [0.2, 0.25) is 6.04 Å². The molecule has 1 fully saturated rings. The second kappa shape index (κ2) is 7.64. The number of benzene rings is 1. The van der Waals surface area contributed by atoms with Gasteiger partial charge in [0.25, 0.3) is 11.8 Å². The molecule has 1 aliphatic rings. The van der Waals surface area contributed by atoms with Crippen molar-refractivity contribution in [2.45, 2.75) is 18.9 Å². The average Bonchev–Trinajstić information content (AvgIpc) is 3.43. The number of rotatable bonds is 4. The highest BCUT2D eigenvalue weighted by Crippen LogP contribution is 2.27. The van der Waals surface area contributed by atoms with Crippen molar-refractivity contribution in [2.75, 3.05) is 21.2 Å². The van der Waals surface area contributed by atoms with Gasteiger partial charge in [-0.2, -0.15) is 0 Å². The van der Waals surface area contributed by atoms with Crippen LogP contribution in [0.25, 0.3) is 0 Å². The van der Waals surface area contributed by atoms with Gasteiger partial charge >= 0.3 is 5.97 Å². The van der Waals surface area contributed by atoms with Crippen molar-refractivity contribution in [1.82, 2.24) is 10.2 Å². The number of carbonyl (C=O) groups is 3. The molecule has 0 aliphatic heterocycles. The monoisotopic (exact) mass is 328 g/mol. The van der Waals surface area contributed by atoms with Gasteiger partial charge in [-0.1, -0.05) is 11.8 Å². The summed E-state index contributed by atoms with van der Waals surface area (Å²) in [4.78, 5) is 37.3. The summed E-state index contributed by atoms with van der Waals surface area (Å²) in [5, 5.41) is 2.36. The third-order valence-electron chi connectivity index (χ3n) is 3.76. The lowest BCUT2D eigenvalue weighted by Crippen LogP contribution is -2.51. The molecule has 0 heterocycles. The predicted octanol–water partition coefficient (Wildman–Crippen LogP) is 0.808. The second-order valence-electron chi connectivity index (χ2n) is 5.58. The first-order chi connectivity index (χ1) is 11.5. The van der Waals surface area contributed by atoms with Crippen molar-refractivity contribution >= 4 is 17.8 Å². The molecular formula is C18H20N2O4. The largest absolute Gasteiger partial charge is 0.467 e. The number of likely N-dealkylation sites (N-methyl/N-ethyl adjacent to an activating group) is 2. The molecule has 0 spiro atoms. The lowest BCUT2D eigenvalue weighted by atomic mass is 10.1. The van der Waals surface area contributed by atoms with Gasteiger partial charge in [0.05, 0.1) is 7.11 Å². The summed E-state index contributed by atoms with van der Waals surface area (Å²) in [6, 6.07) is 5.44. The molecule has 0 saturated heterocycles. The topological polar surface area (TPSA) is 75.7 Å². The maximum atomic E-state index is 12.5. The van der Waals surface area contributed by atoms with E-state index in [-0.39, 0.29) is 0 Å². The van der Waals surface area contributed by atoms with Crippen LogP contribution in [0, 0.1) is 17.8 Å². The molecule has 6 nitrogen and oxygen atoms in total. The third-order valence-corrected chi connectivity index (χ3v) is 3.76. The number of nitrogens with zero attached hydrogens (tertiary/aromatic N) is 1. The number of ether oxygens (including phenoxy) is 1. The molecule has 1 atom stereocenters. The Morgan fingerprint density at radius 2 is 1.88 bits per heavy atom. The van der Waals surface area contributed by atoms with Crippen LogP contribution in [-0.2, 0) is 14.3 Å². The van der Waals surface area contributed by atoms with E-state index in [4.69, 9.17) is 0 Å². The van der Waals surface area contributed by atoms with Crippen molar-refractivity contribution < 1.29 is 19.1 Å². The molecule has 1 aromatic rings. The van der Waals surface area contributed by atoms with E-state index < -0.39 is 23.8 Å². The number of amides is 2. The van der Waals surface area contributed by atoms with Gasteiger partial charge in [0.15, 0.2) is 0 Å². The molecule has 1 unspecified atom stereocenters. The van der Waals surface area contributed by atoms with Crippen LogP contribution in [-0.4, -0.2) is 49.9 Å². The van der Waals surface area contributed by atoms with Crippen molar-refractivity contribution in [1.29, 1.82) is 0 Å². The maximum absolute atomic E-state index is 12.5. The Bertz CT molecular complexity index is 680. The molecule has 2 amide bonds. The summed E-state index contributed by atoms with van der Waals surface area (Å²) in [7, 11) is 3.95. The first-order valence-electron chi connectivity index (χ1n) is 7.66. The van der Waals surface area contributed by atoms with E-state index in [1.54, 1.807) is 24.3 Å². The van der Waals surface area contributed by atoms with E-state index in [0.717, 1.165) is 23.3 Å². The molecule has 126 valence electrons. The highest BCUT2D eigenvalue weighted by molar-refractivity contribution is 6.07. The number of hydrogen-bond donors (Lipinski definition) is 1. The fourth-order valence-corrected chi connectivity index (χ4v) is 2.12. The van der Waals surface area contributed by atoms with E-state index >= 15 is 0 Å². The van der Waals surface area contributed by atoms with Gasteiger partial charge < -0.3 is 15.0 Å². The van der Waals surface area contributed by atoms with Crippen molar-refractivity contribution in [3.63, 3.8) is 0 Å². The van der Waals surface area contributed by atoms with E-state index in [1.807, 2.05) is 0 Å². The number of carbonyl (C=O) groups excluding carboxylic acids is 3. The highest BCUT2D eigenvalue weighted by Gasteiger charge is 2.34. The fraction of sp³-hybridized carbons (Fsp3) is 0.389. The van der Waals surface area contributed by atoms with Crippen LogP contribution in [0.5, 0.6) is 0 Å². The highest BCUT2D eigenvalue weighted by atomic mass is 16.5. The zero-order valence-electron chi connectivity index (χ0n) is 14.0. The minimum absolute atomic E-state index is 0.368. The van der Waals surface area contributed by atoms with Crippen molar-refractivity contribution in [3.8, 4) is 11.8 Å². The van der Waals surface area contributed by atoms with Crippen LogP contribution in [0.1, 0.15) is 28.8 Å². The van der Waals surface area contributed by atoms with Crippen LogP contribution < -0.4 is 5.32 Å². The van der Waals surface area contributed by atoms with Gasteiger partial charge in [-0.25, -0.2) is 4.79 Å². The lowest BCUT2D eigenvalue weighted by Gasteiger charge is -2.24. The lowest BCUT2D eigenvalue weighted by molar-refractivity contribution is -0.150. The molecular weight excluding hydrogens is 308 g/mol. The number of hydrogen-bond acceptors (Lipinski definition) is 4. The minimum atomic E-state index is -1.33. The van der Waals surface area contributed by atoms with E-state index in [0.29, 0.717) is 11.5 Å². The van der Waals surface area contributed by atoms with Crippen LogP contribution in [0.2, 0.25) is 0 Å². The van der Waals surface area contributed by atoms with E-state index in [2.05, 4.69) is 21.9 Å². The standard InChI is InChI=1S/C18H20N2O4/c1-19-16(21)15(18(23)24-3)20(2)17(22)14-10-8-13(9-11-14)7-6-12-4-5-12/h8-12,15H,4-5H2,1-3H3,(H,19,21). The summed E-state index contributed by atoms with van der Waals surface area (Å²) >= 11 is 0. The average molecular weight is 328 g/mol. The Morgan fingerprint density at radius 1 is 1.25 bits per heavy atom. The Hall–Kier alpha value is -2.81. The normalized spacial score (nSPS) is 14.0. The number of esters is 1. The Kier molecular flexibility index (Phi) is 5.59. The Morgan fingerprint density at radius 3 is 2.38 bits per heavy atom. The summed E-state index contributed by atoms with van der Waals surface area (Å²) < 4.78 is 4.61. The zero-order chi connectivity index (χ0) is 17.7. The molecule has 0 aromatic heterocycles. The van der Waals surface area contributed by atoms with Crippen LogP contribution in [0.15, 0.2) is 24.3 Å². The maximum Gasteiger partial charge on any atom is 0.338 e. The van der Waals surface area contributed by atoms with Gasteiger partial charge in [-0.3, -0.25) is 9.59 Å². The molecule has 24 heavy (non-hydrogen) atoms. The molecule has 0 radical (unpaired) electrons. The number of nitrogens with one attached hydrogen (secondary N) is 1. The zero-order valence-corrected chi connectivity index (χ0v) is 14.0. The first-order valence-corrected chi connectivity index (χ1v) is 7.66. The van der Waals surface area contributed by atoms with E-state index in [9.17, 15) is 14.4 Å². The van der Waals surface area contributed by atoms with Gasteiger partial charge in [0, 0.05) is 31.1 Å². The molecule has 1 aromatic carbocycles. The van der Waals surface area contributed by atoms with Crippen molar-refractivity contribution in [2.24, 2.45) is 5.92 Å². The predicted molar refractivity (Wildman–Crippen MR) is 88.0 cm³/mol. The SMILES string of the molecule is CNC(=O)C(C(=O)OC)N(C)C(=O)c1ccc(C#CC2CC2)cc1. The quantitative estimate of drug-likeness (QED) is 0.504. The van der Waals surface area contributed by atoms with Crippen LogP contribution >= 0.6 is 0 Å². The molecule has 6 heteroatoms. The van der Waals surface area contributed by atoms with Gasteiger partial charge in [0.1, 0.15) is 0 Å². The second-order valence-corrected chi connectivity index (χ2v) is 5.58. The van der Waals surface area contributed by atoms with Gasteiger partial charge in [-0.05, 0) is 37.1 Å². The summed E-state index contributed by atoms with van der Waals surface area (Å²) in [5.41, 5.74) is 1.20. The summed E-state index contributed by atoms with van der Waals surface area (Å²) in [6.07, 6.45) is 2.31. The fourth-order valence-electron chi connectivity index (χ4n) is 2.12. The van der Waals surface area contributed by atoms with E-state index in [1.165, 1.54) is 21.2 Å². The minimum Gasteiger partial charge on any atom is -0.467 e. The molecule has 1 N–H and O–H groups in total. The van der Waals surface area contributed by atoms with Crippen molar-refractivity contribution in [3.05, 3.63) is 35.4 Å². The van der Waals surface area contributed by atoms with Gasteiger partial charge in [-0.15, -0.1) is 0 Å². The summed E-state index contributed by atoms with van der Waals surface area (Å²) in [5.74, 6) is 4.87. The molecule has 1 aliphatic carbocycles. The first kappa shape index (κ1) is 17.5. The third kappa shape index (κ3) is 4.13. The molecule has 1 saturated carbocycles. The molecule has 2 rings (SSSR count). The van der Waals surface area contributed by atoms with Crippen LogP contribution in [0.4, 0.5) is 0 Å².